The molecular formula is C25H21ClN4O2S. The smallest absolute Gasteiger partial charge is 0.262 e. The molecule has 2 aromatic carbocycles. The predicted molar refractivity (Wildman–Crippen MR) is 131 cm³/mol. The molecule has 4 aromatic rings. The van der Waals surface area contributed by atoms with E-state index in [1.54, 1.807) is 17.5 Å². The van der Waals surface area contributed by atoms with Gasteiger partial charge in [0.2, 0.25) is 0 Å². The van der Waals surface area contributed by atoms with E-state index < -0.39 is 0 Å². The first-order valence-electron chi connectivity index (χ1n) is 10.5. The summed E-state index contributed by atoms with van der Waals surface area (Å²) in [5, 5.41) is 5.67. The molecule has 1 amide bonds. The van der Waals surface area contributed by atoms with Gasteiger partial charge in [-0.1, -0.05) is 23.7 Å². The molecule has 5 rings (SSSR count). The van der Waals surface area contributed by atoms with Crippen molar-refractivity contribution in [2.24, 2.45) is 4.99 Å². The largest absolute Gasteiger partial charge is 0.482 e. The van der Waals surface area contributed by atoms with E-state index in [0.717, 1.165) is 39.4 Å². The lowest BCUT2D eigenvalue weighted by atomic mass is 10.1. The van der Waals surface area contributed by atoms with E-state index in [4.69, 9.17) is 21.3 Å². The van der Waals surface area contributed by atoms with Gasteiger partial charge < -0.3 is 14.6 Å². The van der Waals surface area contributed by atoms with Crippen LogP contribution in [0, 0.1) is 6.92 Å². The molecule has 0 radical (unpaired) electrons. The molecule has 0 unspecified atom stereocenters. The number of carbonyl (C=O) groups excluding carboxylic acids is 1. The summed E-state index contributed by atoms with van der Waals surface area (Å²) in [6, 6.07) is 17.5. The molecule has 2 aromatic heterocycles. The Bertz CT molecular complexity index is 1400. The van der Waals surface area contributed by atoms with Gasteiger partial charge in [0, 0.05) is 40.8 Å². The van der Waals surface area contributed by atoms with E-state index in [0.29, 0.717) is 23.0 Å². The third-order valence-electron chi connectivity index (χ3n) is 5.48. The molecule has 3 heterocycles. The van der Waals surface area contributed by atoms with Gasteiger partial charge in [0.1, 0.15) is 5.75 Å². The molecule has 0 saturated carbocycles. The molecule has 0 atom stereocenters. The summed E-state index contributed by atoms with van der Waals surface area (Å²) in [4.78, 5) is 22.1. The number of benzene rings is 2. The summed E-state index contributed by atoms with van der Waals surface area (Å²) < 4.78 is 7.70. The SMILES string of the molecule is Cc1c(Cl)cccc1N=c1scc(-c2ccc3c(c2)NC(=O)CO3)n1CCc1ccccn1. The molecule has 0 fully saturated rings. The van der Waals surface area contributed by atoms with Crippen LogP contribution in [0.1, 0.15) is 11.3 Å². The van der Waals surface area contributed by atoms with Crippen molar-refractivity contribution in [2.75, 3.05) is 11.9 Å². The fraction of sp³-hybridized carbons (Fsp3) is 0.160. The van der Waals surface area contributed by atoms with E-state index in [1.807, 2.05) is 61.5 Å². The minimum absolute atomic E-state index is 0.0386. The van der Waals surface area contributed by atoms with Crippen LogP contribution in [0.2, 0.25) is 5.02 Å². The van der Waals surface area contributed by atoms with Gasteiger partial charge >= 0.3 is 0 Å². The standard InChI is InChI=1S/C25H21ClN4O2S/c1-16-19(26)6-4-7-20(16)29-25-30(12-10-18-5-2-3-11-27-18)22(15-33-25)17-8-9-23-21(13-17)28-24(31)14-32-23/h2-9,11,13,15H,10,12,14H2,1H3,(H,28,31). The van der Waals surface area contributed by atoms with Crippen molar-refractivity contribution in [1.82, 2.24) is 9.55 Å². The number of halogens is 1. The van der Waals surface area contributed by atoms with E-state index in [2.05, 4.69) is 20.2 Å². The van der Waals surface area contributed by atoms with Gasteiger partial charge in [0.25, 0.3) is 5.91 Å². The molecule has 6 nitrogen and oxygen atoms in total. The second-order valence-electron chi connectivity index (χ2n) is 7.67. The number of anilines is 1. The van der Waals surface area contributed by atoms with E-state index in [9.17, 15) is 4.79 Å². The minimum atomic E-state index is -0.153. The summed E-state index contributed by atoms with van der Waals surface area (Å²) in [6.45, 7) is 2.71. The number of ether oxygens (including phenoxy) is 1. The van der Waals surface area contributed by atoms with E-state index in [1.165, 1.54) is 0 Å². The summed E-state index contributed by atoms with van der Waals surface area (Å²) in [5.74, 6) is 0.521. The van der Waals surface area contributed by atoms with Crippen molar-refractivity contribution >= 4 is 40.2 Å². The van der Waals surface area contributed by atoms with Gasteiger partial charge in [-0.3, -0.25) is 9.78 Å². The highest BCUT2D eigenvalue weighted by Gasteiger charge is 2.18. The van der Waals surface area contributed by atoms with Crippen molar-refractivity contribution in [2.45, 2.75) is 19.9 Å². The average molecular weight is 477 g/mol. The maximum atomic E-state index is 11.8. The molecule has 0 aliphatic carbocycles. The number of pyridine rings is 1. The van der Waals surface area contributed by atoms with Crippen LogP contribution in [0.25, 0.3) is 11.3 Å². The third-order valence-corrected chi connectivity index (χ3v) is 6.75. The number of rotatable bonds is 5. The zero-order valence-corrected chi connectivity index (χ0v) is 19.5. The lowest BCUT2D eigenvalue weighted by molar-refractivity contribution is -0.118. The lowest BCUT2D eigenvalue weighted by Gasteiger charge is -2.19. The highest BCUT2D eigenvalue weighted by molar-refractivity contribution is 7.07. The second-order valence-corrected chi connectivity index (χ2v) is 8.91. The predicted octanol–water partition coefficient (Wildman–Crippen LogP) is 5.38. The lowest BCUT2D eigenvalue weighted by Crippen LogP contribution is -2.25. The fourth-order valence-electron chi connectivity index (χ4n) is 3.70. The third kappa shape index (κ3) is 4.55. The van der Waals surface area contributed by atoms with E-state index >= 15 is 0 Å². The number of hydrogen-bond donors (Lipinski definition) is 1. The van der Waals surface area contributed by atoms with Gasteiger partial charge in [-0.05, 0) is 55.0 Å². The summed E-state index contributed by atoms with van der Waals surface area (Å²) in [7, 11) is 0. The number of thiazole rings is 1. The molecular weight excluding hydrogens is 456 g/mol. The number of amides is 1. The molecule has 0 spiro atoms. The zero-order valence-electron chi connectivity index (χ0n) is 17.9. The summed E-state index contributed by atoms with van der Waals surface area (Å²) in [6.07, 6.45) is 2.57. The Balaban J connectivity index is 1.59. The highest BCUT2D eigenvalue weighted by Crippen LogP contribution is 2.33. The topological polar surface area (TPSA) is 68.5 Å². The zero-order chi connectivity index (χ0) is 22.8. The van der Waals surface area contributed by atoms with Crippen molar-refractivity contribution in [3.63, 3.8) is 0 Å². The van der Waals surface area contributed by atoms with Crippen LogP contribution in [0.15, 0.2) is 71.2 Å². The number of hydrogen-bond acceptors (Lipinski definition) is 5. The first-order valence-corrected chi connectivity index (χ1v) is 11.8. The molecule has 1 aliphatic heterocycles. The number of aromatic nitrogens is 2. The average Bonchev–Trinajstić information content (AvgIpc) is 3.23. The Morgan fingerprint density at radius 1 is 1.21 bits per heavy atom. The Hall–Kier alpha value is -3.42. The second kappa shape index (κ2) is 9.21. The van der Waals surface area contributed by atoms with Crippen LogP contribution in [0.3, 0.4) is 0 Å². The number of aryl methyl sites for hydroxylation is 1. The van der Waals surface area contributed by atoms with E-state index in [-0.39, 0.29) is 12.5 Å². The molecule has 8 heteroatoms. The van der Waals surface area contributed by atoms with Crippen molar-refractivity contribution in [3.8, 4) is 17.0 Å². The fourth-order valence-corrected chi connectivity index (χ4v) is 4.82. The maximum absolute atomic E-state index is 11.8. The van der Waals surface area contributed by atoms with Crippen molar-refractivity contribution < 1.29 is 9.53 Å². The molecule has 33 heavy (non-hydrogen) atoms. The molecule has 1 N–H and O–H groups in total. The van der Waals surface area contributed by atoms with Crippen LogP contribution < -0.4 is 14.9 Å². The Morgan fingerprint density at radius 2 is 2.12 bits per heavy atom. The van der Waals surface area contributed by atoms with Crippen LogP contribution >= 0.6 is 22.9 Å². The van der Waals surface area contributed by atoms with Crippen LogP contribution in [0.5, 0.6) is 5.75 Å². The minimum Gasteiger partial charge on any atom is -0.482 e. The van der Waals surface area contributed by atoms with Gasteiger partial charge in [-0.2, -0.15) is 0 Å². The van der Waals surface area contributed by atoms with Gasteiger partial charge in [0.05, 0.1) is 17.1 Å². The molecule has 166 valence electrons. The van der Waals surface area contributed by atoms with Crippen LogP contribution in [-0.2, 0) is 17.8 Å². The van der Waals surface area contributed by atoms with Crippen molar-refractivity contribution in [3.05, 3.63) is 87.3 Å². The summed E-state index contributed by atoms with van der Waals surface area (Å²) in [5.41, 5.74) is 5.46. The van der Waals surface area contributed by atoms with Crippen LogP contribution in [0.4, 0.5) is 11.4 Å². The first kappa shape index (κ1) is 21.4. The Morgan fingerprint density at radius 3 is 2.97 bits per heavy atom. The number of carbonyl (C=O) groups is 1. The normalized spacial score (nSPS) is 13.4. The number of fused-ring (bicyclic) bond motifs is 1. The maximum Gasteiger partial charge on any atom is 0.262 e. The monoisotopic (exact) mass is 476 g/mol. The quantitative estimate of drug-likeness (QED) is 0.420. The molecule has 0 saturated heterocycles. The number of nitrogens with zero attached hydrogens (tertiary/aromatic N) is 3. The van der Waals surface area contributed by atoms with Crippen LogP contribution in [-0.4, -0.2) is 22.1 Å². The van der Waals surface area contributed by atoms with Crippen molar-refractivity contribution in [1.29, 1.82) is 0 Å². The van der Waals surface area contributed by atoms with Gasteiger partial charge in [0.15, 0.2) is 11.4 Å². The summed E-state index contributed by atoms with van der Waals surface area (Å²) >= 11 is 7.89. The Kier molecular flexibility index (Phi) is 5.98. The molecule has 0 bridgehead atoms. The highest BCUT2D eigenvalue weighted by atomic mass is 35.5. The van der Waals surface area contributed by atoms with Gasteiger partial charge in [-0.25, -0.2) is 4.99 Å². The molecule has 1 aliphatic rings. The number of nitrogens with one attached hydrogen (secondary N) is 1. The van der Waals surface area contributed by atoms with Gasteiger partial charge in [-0.15, -0.1) is 11.3 Å². The Labute approximate surface area is 200 Å². The first-order chi connectivity index (χ1) is 16.1.